The molecule has 1 heterocycles. The summed E-state index contributed by atoms with van der Waals surface area (Å²) in [7, 11) is 1.57. The molecule has 3 rings (SSSR count). The van der Waals surface area contributed by atoms with E-state index >= 15 is 0 Å². The van der Waals surface area contributed by atoms with Crippen molar-refractivity contribution >= 4 is 23.1 Å². The maximum Gasteiger partial charge on any atom is 0.265 e. The number of carbonyl (C=O) groups excluding carboxylic acids is 2. The first-order valence-electron chi connectivity index (χ1n) is 10.0. The van der Waals surface area contributed by atoms with E-state index in [2.05, 4.69) is 10.2 Å². The quantitative estimate of drug-likeness (QED) is 0.671. The summed E-state index contributed by atoms with van der Waals surface area (Å²) in [4.78, 5) is 26.5. The topological polar surface area (TPSA) is 77.1 Å². The molecule has 0 spiro atoms. The number of benzene rings is 2. The van der Waals surface area contributed by atoms with Crippen LogP contribution >= 0.6 is 0 Å². The van der Waals surface area contributed by atoms with E-state index in [1.165, 1.54) is 6.92 Å². The highest BCUT2D eigenvalue weighted by Crippen LogP contribution is 2.24. The van der Waals surface area contributed by atoms with Crippen molar-refractivity contribution in [2.75, 3.05) is 43.6 Å². The number of methoxy groups -OCH3 is 1. The molecule has 7 heteroatoms. The van der Waals surface area contributed by atoms with Gasteiger partial charge in [0.2, 0.25) is 0 Å². The van der Waals surface area contributed by atoms with Gasteiger partial charge in [-0.25, -0.2) is 0 Å². The van der Waals surface area contributed by atoms with Gasteiger partial charge < -0.3 is 24.4 Å². The third-order valence-corrected chi connectivity index (χ3v) is 4.95. The standard InChI is InChI=1S/C23H28N2O5/c1-16(26)18-4-9-22(19(14-18)15-28-3)30-17(2)23(27)24-20-5-7-21(8-6-20)25-10-12-29-13-11-25/h4-9,14,17H,10-13,15H2,1-3H3,(H,24,27). The van der Waals surface area contributed by atoms with Crippen LogP contribution in [0.15, 0.2) is 42.5 Å². The van der Waals surface area contributed by atoms with Crippen molar-refractivity contribution in [3.8, 4) is 5.75 Å². The number of nitrogens with zero attached hydrogens (tertiary/aromatic N) is 1. The largest absolute Gasteiger partial charge is 0.481 e. The third-order valence-electron chi connectivity index (χ3n) is 4.95. The molecule has 1 aliphatic rings. The van der Waals surface area contributed by atoms with Crippen LogP contribution in [0.3, 0.4) is 0 Å². The van der Waals surface area contributed by atoms with Crippen molar-refractivity contribution < 1.29 is 23.8 Å². The molecule has 2 aromatic rings. The van der Waals surface area contributed by atoms with Crippen molar-refractivity contribution in [3.63, 3.8) is 0 Å². The number of ether oxygens (including phenoxy) is 3. The summed E-state index contributed by atoms with van der Waals surface area (Å²) in [6.45, 7) is 6.66. The second-order valence-corrected chi connectivity index (χ2v) is 7.21. The van der Waals surface area contributed by atoms with Crippen LogP contribution in [-0.4, -0.2) is 51.2 Å². The van der Waals surface area contributed by atoms with Crippen molar-refractivity contribution in [2.24, 2.45) is 0 Å². The Morgan fingerprint density at radius 3 is 2.47 bits per heavy atom. The number of carbonyl (C=O) groups is 2. The fourth-order valence-corrected chi connectivity index (χ4v) is 3.25. The summed E-state index contributed by atoms with van der Waals surface area (Å²) < 4.78 is 16.4. The fourth-order valence-electron chi connectivity index (χ4n) is 3.25. The van der Waals surface area contributed by atoms with E-state index in [9.17, 15) is 9.59 Å². The Morgan fingerprint density at radius 1 is 1.13 bits per heavy atom. The van der Waals surface area contributed by atoms with Crippen LogP contribution in [0.1, 0.15) is 29.8 Å². The van der Waals surface area contributed by atoms with Gasteiger partial charge in [-0.2, -0.15) is 0 Å². The lowest BCUT2D eigenvalue weighted by Crippen LogP contribution is -2.36. The van der Waals surface area contributed by atoms with Gasteiger partial charge in [0.05, 0.1) is 19.8 Å². The van der Waals surface area contributed by atoms with E-state index in [1.54, 1.807) is 32.2 Å². The molecular weight excluding hydrogens is 384 g/mol. The van der Waals surface area contributed by atoms with Crippen molar-refractivity contribution in [1.29, 1.82) is 0 Å². The van der Waals surface area contributed by atoms with Gasteiger partial charge in [-0.15, -0.1) is 0 Å². The molecule has 0 radical (unpaired) electrons. The number of rotatable bonds is 8. The van der Waals surface area contributed by atoms with Gasteiger partial charge in [0.25, 0.3) is 5.91 Å². The molecule has 1 unspecified atom stereocenters. The van der Waals surface area contributed by atoms with Crippen LogP contribution in [-0.2, 0) is 20.9 Å². The average Bonchev–Trinajstić information content (AvgIpc) is 2.76. The van der Waals surface area contributed by atoms with Crippen LogP contribution in [0, 0.1) is 0 Å². The first-order chi connectivity index (χ1) is 14.5. The maximum atomic E-state index is 12.6. The molecule has 1 atom stereocenters. The molecule has 2 aromatic carbocycles. The molecular formula is C23H28N2O5. The predicted molar refractivity (Wildman–Crippen MR) is 115 cm³/mol. The summed E-state index contributed by atoms with van der Waals surface area (Å²) in [5, 5.41) is 2.88. The SMILES string of the molecule is COCc1cc(C(C)=O)ccc1OC(C)C(=O)Nc1ccc(N2CCOCC2)cc1. The normalized spacial score (nSPS) is 14.8. The van der Waals surface area contributed by atoms with Gasteiger partial charge in [0, 0.05) is 42.7 Å². The van der Waals surface area contributed by atoms with Crippen LogP contribution < -0.4 is 15.0 Å². The van der Waals surface area contributed by atoms with E-state index in [0.717, 1.165) is 37.6 Å². The van der Waals surface area contributed by atoms with Crippen molar-refractivity contribution in [1.82, 2.24) is 0 Å². The summed E-state index contributed by atoms with van der Waals surface area (Å²) in [6, 6.07) is 12.9. The fraction of sp³-hybridized carbons (Fsp3) is 0.391. The minimum Gasteiger partial charge on any atom is -0.481 e. The van der Waals surface area contributed by atoms with Crippen LogP contribution in [0.4, 0.5) is 11.4 Å². The highest BCUT2D eigenvalue weighted by atomic mass is 16.5. The summed E-state index contributed by atoms with van der Waals surface area (Å²) in [5.74, 6) is 0.227. The smallest absolute Gasteiger partial charge is 0.265 e. The van der Waals surface area contributed by atoms with Gasteiger partial charge in [-0.1, -0.05) is 0 Å². The third kappa shape index (κ3) is 5.58. The Morgan fingerprint density at radius 2 is 1.83 bits per heavy atom. The molecule has 0 bridgehead atoms. The van der Waals surface area contributed by atoms with Gasteiger partial charge >= 0.3 is 0 Å². The zero-order chi connectivity index (χ0) is 21.5. The molecule has 30 heavy (non-hydrogen) atoms. The predicted octanol–water partition coefficient (Wildman–Crippen LogP) is 3.28. The number of morpholine rings is 1. The van der Waals surface area contributed by atoms with Crippen molar-refractivity contribution in [3.05, 3.63) is 53.6 Å². The van der Waals surface area contributed by atoms with Crippen LogP contribution in [0.5, 0.6) is 5.75 Å². The number of hydrogen-bond acceptors (Lipinski definition) is 6. The number of anilines is 2. The first kappa shape index (κ1) is 21.8. The molecule has 0 aromatic heterocycles. The average molecular weight is 412 g/mol. The minimum atomic E-state index is -0.720. The van der Waals surface area contributed by atoms with E-state index in [-0.39, 0.29) is 18.3 Å². The number of nitrogens with one attached hydrogen (secondary N) is 1. The maximum absolute atomic E-state index is 12.6. The summed E-state index contributed by atoms with van der Waals surface area (Å²) in [5.41, 5.74) is 3.11. The second-order valence-electron chi connectivity index (χ2n) is 7.21. The molecule has 160 valence electrons. The van der Waals surface area contributed by atoms with Gasteiger partial charge in [0.1, 0.15) is 5.75 Å². The monoisotopic (exact) mass is 412 g/mol. The Balaban J connectivity index is 1.62. The highest BCUT2D eigenvalue weighted by Gasteiger charge is 2.18. The number of Topliss-reactive ketones (excluding diaryl/α,β-unsaturated/α-hetero) is 1. The molecule has 1 fully saturated rings. The zero-order valence-corrected chi connectivity index (χ0v) is 17.6. The lowest BCUT2D eigenvalue weighted by Gasteiger charge is -2.29. The number of hydrogen-bond donors (Lipinski definition) is 1. The summed E-state index contributed by atoms with van der Waals surface area (Å²) in [6.07, 6.45) is -0.720. The molecule has 1 aliphatic heterocycles. The van der Waals surface area contributed by atoms with Gasteiger partial charge in [-0.3, -0.25) is 9.59 Å². The number of ketones is 1. The van der Waals surface area contributed by atoms with E-state index in [1.807, 2.05) is 24.3 Å². The van der Waals surface area contributed by atoms with Crippen LogP contribution in [0.25, 0.3) is 0 Å². The number of amides is 1. The first-order valence-corrected chi connectivity index (χ1v) is 10.0. The Labute approximate surface area is 176 Å². The minimum absolute atomic E-state index is 0.0368. The summed E-state index contributed by atoms with van der Waals surface area (Å²) >= 11 is 0. The zero-order valence-electron chi connectivity index (χ0n) is 17.6. The lowest BCUT2D eigenvalue weighted by atomic mass is 10.1. The van der Waals surface area contributed by atoms with E-state index < -0.39 is 6.10 Å². The Hall–Kier alpha value is -2.90. The van der Waals surface area contributed by atoms with Crippen molar-refractivity contribution in [2.45, 2.75) is 26.6 Å². The molecule has 7 nitrogen and oxygen atoms in total. The molecule has 0 saturated carbocycles. The molecule has 1 N–H and O–H groups in total. The molecule has 1 amide bonds. The van der Waals surface area contributed by atoms with Gasteiger partial charge in [-0.05, 0) is 56.3 Å². The highest BCUT2D eigenvalue weighted by molar-refractivity contribution is 5.95. The lowest BCUT2D eigenvalue weighted by molar-refractivity contribution is -0.122. The van der Waals surface area contributed by atoms with Crippen LogP contribution in [0.2, 0.25) is 0 Å². The Kier molecular flexibility index (Phi) is 7.43. The molecule has 1 saturated heterocycles. The van der Waals surface area contributed by atoms with Gasteiger partial charge in [0.15, 0.2) is 11.9 Å². The second kappa shape index (κ2) is 10.2. The van der Waals surface area contributed by atoms with E-state index in [0.29, 0.717) is 17.0 Å². The van der Waals surface area contributed by atoms with E-state index in [4.69, 9.17) is 14.2 Å². The Bertz CT molecular complexity index is 876. The molecule has 0 aliphatic carbocycles.